The lowest BCUT2D eigenvalue weighted by molar-refractivity contribution is -0.385. The first-order valence-electron chi connectivity index (χ1n) is 5.58. The van der Waals surface area contributed by atoms with Crippen LogP contribution in [0.4, 0.5) is 5.69 Å². The molecule has 0 spiro atoms. The van der Waals surface area contributed by atoms with Gasteiger partial charge >= 0.3 is 0 Å². The Morgan fingerprint density at radius 3 is 2.50 bits per heavy atom. The molecule has 1 rings (SSSR count). The second-order valence-corrected chi connectivity index (χ2v) is 4.25. The van der Waals surface area contributed by atoms with Gasteiger partial charge < -0.3 is 14.6 Å². The summed E-state index contributed by atoms with van der Waals surface area (Å²) < 4.78 is 10.6. The predicted molar refractivity (Wildman–Crippen MR) is 65.9 cm³/mol. The fourth-order valence-electron chi connectivity index (χ4n) is 1.42. The molecule has 0 bridgehead atoms. The lowest BCUT2D eigenvalue weighted by Crippen LogP contribution is -2.07. The van der Waals surface area contributed by atoms with Crippen molar-refractivity contribution >= 4 is 5.69 Å². The van der Waals surface area contributed by atoms with Crippen LogP contribution < -0.4 is 9.47 Å². The van der Waals surface area contributed by atoms with E-state index in [1.54, 1.807) is 0 Å². The zero-order valence-electron chi connectivity index (χ0n) is 10.7. The summed E-state index contributed by atoms with van der Waals surface area (Å²) >= 11 is 0. The predicted octanol–water partition coefficient (Wildman–Crippen LogP) is 2.13. The minimum atomic E-state index is -0.548. The molecule has 0 amide bonds. The van der Waals surface area contributed by atoms with E-state index < -0.39 is 11.5 Å². The summed E-state index contributed by atoms with van der Waals surface area (Å²) in [5.41, 5.74) is 0.0332. The number of methoxy groups -OCH3 is 1. The highest BCUT2D eigenvalue weighted by molar-refractivity contribution is 5.54. The Labute approximate surface area is 105 Å². The number of nitrogens with zero attached hydrogens (tertiary/aromatic N) is 1. The molecule has 0 saturated heterocycles. The van der Waals surface area contributed by atoms with E-state index in [2.05, 4.69) is 0 Å². The molecular formula is C12H17NO5. The number of nitro benzene ring substituents is 1. The lowest BCUT2D eigenvalue weighted by Gasteiger charge is -2.13. The standard InChI is InChI=1S/C12H17NO5/c1-8(2)7-18-12-5-10(13(15)16)9(6-14)4-11(12)17-3/h4-5,8,14H,6-7H2,1-3H3. The van der Waals surface area contributed by atoms with Gasteiger partial charge in [-0.1, -0.05) is 13.8 Å². The Kier molecular flexibility index (Phi) is 4.91. The number of hydrogen-bond acceptors (Lipinski definition) is 5. The lowest BCUT2D eigenvalue weighted by atomic mass is 10.1. The summed E-state index contributed by atoms with van der Waals surface area (Å²) in [5.74, 6) is 0.992. The number of hydrogen-bond donors (Lipinski definition) is 1. The molecule has 0 heterocycles. The molecule has 0 aliphatic heterocycles. The monoisotopic (exact) mass is 255 g/mol. The van der Waals surface area contributed by atoms with Gasteiger partial charge in [-0.15, -0.1) is 0 Å². The van der Waals surface area contributed by atoms with E-state index in [4.69, 9.17) is 14.6 Å². The molecule has 0 atom stereocenters. The summed E-state index contributed by atoms with van der Waals surface area (Å²) in [6, 6.07) is 2.71. The Morgan fingerprint density at radius 1 is 1.39 bits per heavy atom. The number of nitro groups is 1. The van der Waals surface area contributed by atoms with Crippen LogP contribution >= 0.6 is 0 Å². The van der Waals surface area contributed by atoms with Crippen molar-refractivity contribution in [2.24, 2.45) is 5.92 Å². The summed E-state index contributed by atoms with van der Waals surface area (Å²) in [6.45, 7) is 3.97. The second kappa shape index (κ2) is 6.20. The van der Waals surface area contributed by atoms with Crippen LogP contribution in [-0.4, -0.2) is 23.7 Å². The van der Waals surface area contributed by atoms with Crippen LogP contribution in [0.3, 0.4) is 0 Å². The minimum absolute atomic E-state index is 0.169. The Balaban J connectivity index is 3.14. The maximum Gasteiger partial charge on any atom is 0.278 e. The van der Waals surface area contributed by atoms with Crippen molar-refractivity contribution in [2.45, 2.75) is 20.5 Å². The topological polar surface area (TPSA) is 81.8 Å². The van der Waals surface area contributed by atoms with Gasteiger partial charge in [0.05, 0.1) is 36.9 Å². The summed E-state index contributed by atoms with van der Waals surface area (Å²) in [6.07, 6.45) is 0. The van der Waals surface area contributed by atoms with E-state index in [1.165, 1.54) is 19.2 Å². The molecule has 18 heavy (non-hydrogen) atoms. The maximum absolute atomic E-state index is 10.9. The quantitative estimate of drug-likeness (QED) is 0.622. The summed E-state index contributed by atoms with van der Waals surface area (Å²) in [4.78, 5) is 10.3. The third-order valence-electron chi connectivity index (χ3n) is 2.30. The Hall–Kier alpha value is -1.82. The maximum atomic E-state index is 10.9. The number of rotatable bonds is 6. The number of ether oxygens (including phenoxy) is 2. The highest BCUT2D eigenvalue weighted by atomic mass is 16.6. The normalized spacial score (nSPS) is 10.5. The highest BCUT2D eigenvalue weighted by Gasteiger charge is 2.19. The first-order valence-corrected chi connectivity index (χ1v) is 5.58. The van der Waals surface area contributed by atoms with E-state index in [1.807, 2.05) is 13.8 Å². The third kappa shape index (κ3) is 3.33. The molecule has 1 aromatic carbocycles. The molecular weight excluding hydrogens is 238 g/mol. The molecule has 0 saturated carbocycles. The van der Waals surface area contributed by atoms with Crippen molar-refractivity contribution in [3.8, 4) is 11.5 Å². The van der Waals surface area contributed by atoms with Crippen molar-refractivity contribution in [1.82, 2.24) is 0 Å². The van der Waals surface area contributed by atoms with Crippen LogP contribution in [0.5, 0.6) is 11.5 Å². The van der Waals surface area contributed by atoms with Crippen LogP contribution in [0.2, 0.25) is 0 Å². The van der Waals surface area contributed by atoms with Crippen molar-refractivity contribution in [1.29, 1.82) is 0 Å². The van der Waals surface area contributed by atoms with Gasteiger partial charge in [0.25, 0.3) is 5.69 Å². The molecule has 1 N–H and O–H groups in total. The first kappa shape index (κ1) is 14.2. The van der Waals surface area contributed by atoms with Gasteiger partial charge in [-0.3, -0.25) is 10.1 Å². The van der Waals surface area contributed by atoms with Crippen molar-refractivity contribution in [3.63, 3.8) is 0 Å². The van der Waals surface area contributed by atoms with Crippen LogP contribution in [-0.2, 0) is 6.61 Å². The van der Waals surface area contributed by atoms with E-state index in [0.29, 0.717) is 24.0 Å². The van der Waals surface area contributed by atoms with Crippen LogP contribution in [0, 0.1) is 16.0 Å². The smallest absolute Gasteiger partial charge is 0.278 e. The number of benzene rings is 1. The minimum Gasteiger partial charge on any atom is -0.493 e. The molecule has 0 radical (unpaired) electrons. The van der Waals surface area contributed by atoms with Crippen LogP contribution in [0.1, 0.15) is 19.4 Å². The average Bonchev–Trinajstić information content (AvgIpc) is 2.34. The number of aliphatic hydroxyl groups is 1. The van der Waals surface area contributed by atoms with E-state index >= 15 is 0 Å². The van der Waals surface area contributed by atoms with Crippen molar-refractivity contribution < 1.29 is 19.5 Å². The van der Waals surface area contributed by atoms with E-state index in [9.17, 15) is 10.1 Å². The number of aliphatic hydroxyl groups excluding tert-OH is 1. The van der Waals surface area contributed by atoms with Gasteiger partial charge in [0.15, 0.2) is 11.5 Å². The van der Waals surface area contributed by atoms with Gasteiger partial charge in [0, 0.05) is 0 Å². The van der Waals surface area contributed by atoms with Crippen LogP contribution in [0.25, 0.3) is 0 Å². The van der Waals surface area contributed by atoms with Gasteiger partial charge in [-0.25, -0.2) is 0 Å². The summed E-state index contributed by atoms with van der Waals surface area (Å²) in [5, 5.41) is 20.0. The molecule has 0 fully saturated rings. The molecule has 0 aromatic heterocycles. The molecule has 0 unspecified atom stereocenters. The fourth-order valence-corrected chi connectivity index (χ4v) is 1.42. The Morgan fingerprint density at radius 2 is 2.06 bits per heavy atom. The van der Waals surface area contributed by atoms with Gasteiger partial charge in [-0.05, 0) is 12.0 Å². The summed E-state index contributed by atoms with van der Waals surface area (Å²) in [7, 11) is 1.45. The largest absolute Gasteiger partial charge is 0.493 e. The Bertz CT molecular complexity index is 431. The molecule has 100 valence electrons. The van der Waals surface area contributed by atoms with Gasteiger partial charge in [-0.2, -0.15) is 0 Å². The van der Waals surface area contributed by atoms with E-state index in [-0.39, 0.29) is 11.3 Å². The van der Waals surface area contributed by atoms with Crippen molar-refractivity contribution in [3.05, 3.63) is 27.8 Å². The molecule has 1 aromatic rings. The highest BCUT2D eigenvalue weighted by Crippen LogP contribution is 2.34. The van der Waals surface area contributed by atoms with Gasteiger partial charge in [0.1, 0.15) is 0 Å². The molecule has 0 aliphatic rings. The average molecular weight is 255 g/mol. The molecule has 0 aliphatic carbocycles. The first-order chi connectivity index (χ1) is 8.49. The SMILES string of the molecule is COc1cc(CO)c([N+](=O)[O-])cc1OCC(C)C. The molecule has 6 heteroatoms. The molecule has 6 nitrogen and oxygen atoms in total. The van der Waals surface area contributed by atoms with Crippen molar-refractivity contribution in [2.75, 3.05) is 13.7 Å². The zero-order valence-corrected chi connectivity index (χ0v) is 10.7. The zero-order chi connectivity index (χ0) is 13.7. The van der Waals surface area contributed by atoms with E-state index in [0.717, 1.165) is 0 Å². The second-order valence-electron chi connectivity index (χ2n) is 4.25. The van der Waals surface area contributed by atoms with Gasteiger partial charge in [0.2, 0.25) is 0 Å². The van der Waals surface area contributed by atoms with Crippen LogP contribution in [0.15, 0.2) is 12.1 Å². The third-order valence-corrected chi connectivity index (χ3v) is 2.30. The fraction of sp³-hybridized carbons (Fsp3) is 0.500.